The Morgan fingerprint density at radius 1 is 1.43 bits per heavy atom. The zero-order valence-corrected chi connectivity index (χ0v) is 10.5. The number of hydrogen-bond acceptors (Lipinski definition) is 1. The first-order chi connectivity index (χ1) is 6.43. The lowest BCUT2D eigenvalue weighted by atomic mass is 9.86. The first kappa shape index (κ1) is 10.0. The van der Waals surface area contributed by atoms with Crippen LogP contribution in [0.1, 0.15) is 44.2 Å². The molecule has 2 N–H and O–H groups in total. The van der Waals surface area contributed by atoms with Gasteiger partial charge in [-0.15, -0.1) is 0 Å². The summed E-state index contributed by atoms with van der Waals surface area (Å²) in [5, 5.41) is 0. The molecule has 0 saturated heterocycles. The SMILES string of the molecule is CC1CC(C)(C)c2ccc(Br)c(N)c21. The van der Waals surface area contributed by atoms with E-state index in [9.17, 15) is 0 Å². The van der Waals surface area contributed by atoms with Crippen molar-refractivity contribution in [1.82, 2.24) is 0 Å². The van der Waals surface area contributed by atoms with Crippen LogP contribution in [0.15, 0.2) is 16.6 Å². The zero-order valence-electron chi connectivity index (χ0n) is 8.89. The predicted octanol–water partition coefficient (Wildman–Crippen LogP) is 3.82. The lowest BCUT2D eigenvalue weighted by Gasteiger charge is -2.19. The number of benzene rings is 1. The minimum Gasteiger partial charge on any atom is -0.398 e. The summed E-state index contributed by atoms with van der Waals surface area (Å²) in [4.78, 5) is 0. The number of rotatable bonds is 0. The third-order valence-electron chi connectivity index (χ3n) is 3.27. The van der Waals surface area contributed by atoms with Gasteiger partial charge in [0.2, 0.25) is 0 Å². The van der Waals surface area contributed by atoms with E-state index in [2.05, 4.69) is 48.8 Å². The van der Waals surface area contributed by atoms with Crippen LogP contribution in [-0.4, -0.2) is 0 Å². The lowest BCUT2D eigenvalue weighted by Crippen LogP contribution is -2.12. The van der Waals surface area contributed by atoms with Crippen LogP contribution in [0, 0.1) is 0 Å². The number of nitrogens with two attached hydrogens (primary N) is 1. The molecule has 0 spiro atoms. The van der Waals surface area contributed by atoms with E-state index in [1.165, 1.54) is 17.5 Å². The molecule has 0 heterocycles. The average Bonchev–Trinajstić information content (AvgIpc) is 2.29. The van der Waals surface area contributed by atoms with Crippen LogP contribution in [0.4, 0.5) is 5.69 Å². The lowest BCUT2D eigenvalue weighted by molar-refractivity contribution is 0.489. The van der Waals surface area contributed by atoms with E-state index in [0.717, 1.165) is 10.2 Å². The molecule has 2 heteroatoms. The van der Waals surface area contributed by atoms with Crippen molar-refractivity contribution in [1.29, 1.82) is 0 Å². The molecule has 14 heavy (non-hydrogen) atoms. The monoisotopic (exact) mass is 253 g/mol. The molecular formula is C12H16BrN. The van der Waals surface area contributed by atoms with Crippen LogP contribution in [0.25, 0.3) is 0 Å². The maximum Gasteiger partial charge on any atom is 0.0496 e. The second-order valence-electron chi connectivity index (χ2n) is 4.91. The second kappa shape index (κ2) is 2.99. The largest absolute Gasteiger partial charge is 0.398 e. The van der Waals surface area contributed by atoms with Gasteiger partial charge in [0.1, 0.15) is 0 Å². The Morgan fingerprint density at radius 3 is 2.71 bits per heavy atom. The van der Waals surface area contributed by atoms with E-state index in [1.807, 2.05) is 0 Å². The Morgan fingerprint density at radius 2 is 2.07 bits per heavy atom. The molecule has 0 radical (unpaired) electrons. The molecule has 76 valence electrons. The van der Waals surface area contributed by atoms with Crippen molar-refractivity contribution >= 4 is 21.6 Å². The highest BCUT2D eigenvalue weighted by atomic mass is 79.9. The number of anilines is 1. The highest BCUT2D eigenvalue weighted by Gasteiger charge is 2.36. The molecule has 0 bridgehead atoms. The molecule has 2 rings (SSSR count). The van der Waals surface area contributed by atoms with Crippen molar-refractivity contribution in [3.05, 3.63) is 27.7 Å². The van der Waals surface area contributed by atoms with Gasteiger partial charge in [-0.2, -0.15) is 0 Å². The van der Waals surface area contributed by atoms with E-state index < -0.39 is 0 Å². The maximum absolute atomic E-state index is 6.10. The van der Waals surface area contributed by atoms with Crippen LogP contribution in [0.3, 0.4) is 0 Å². The maximum atomic E-state index is 6.10. The van der Waals surface area contributed by atoms with Crippen molar-refractivity contribution in [3.8, 4) is 0 Å². The van der Waals surface area contributed by atoms with Crippen molar-refractivity contribution in [2.24, 2.45) is 0 Å². The van der Waals surface area contributed by atoms with Gasteiger partial charge in [-0.05, 0) is 50.9 Å². The normalized spacial score (nSPS) is 23.6. The van der Waals surface area contributed by atoms with Crippen molar-refractivity contribution in [3.63, 3.8) is 0 Å². The van der Waals surface area contributed by atoms with Crippen molar-refractivity contribution in [2.45, 2.75) is 38.5 Å². The molecule has 0 aromatic heterocycles. The number of fused-ring (bicyclic) bond motifs is 1. The van der Waals surface area contributed by atoms with Crippen molar-refractivity contribution < 1.29 is 0 Å². The zero-order chi connectivity index (χ0) is 10.5. The summed E-state index contributed by atoms with van der Waals surface area (Å²) >= 11 is 3.49. The second-order valence-corrected chi connectivity index (χ2v) is 5.77. The average molecular weight is 254 g/mol. The van der Waals surface area contributed by atoms with Gasteiger partial charge in [-0.1, -0.05) is 26.8 Å². The summed E-state index contributed by atoms with van der Waals surface area (Å²) in [6.07, 6.45) is 1.20. The summed E-state index contributed by atoms with van der Waals surface area (Å²) in [6.45, 7) is 6.85. The van der Waals surface area contributed by atoms with Crippen LogP contribution in [0.5, 0.6) is 0 Å². The summed E-state index contributed by atoms with van der Waals surface area (Å²) in [5.41, 5.74) is 10.1. The molecule has 0 fully saturated rings. The molecule has 1 nitrogen and oxygen atoms in total. The number of hydrogen-bond donors (Lipinski definition) is 1. The van der Waals surface area contributed by atoms with Gasteiger partial charge in [-0.3, -0.25) is 0 Å². The molecule has 0 amide bonds. The summed E-state index contributed by atoms with van der Waals surface area (Å²) < 4.78 is 1.03. The Labute approximate surface area is 93.8 Å². The Kier molecular flexibility index (Phi) is 2.15. The van der Waals surface area contributed by atoms with Crippen LogP contribution < -0.4 is 5.73 Å². The van der Waals surface area contributed by atoms with Gasteiger partial charge >= 0.3 is 0 Å². The summed E-state index contributed by atoms with van der Waals surface area (Å²) in [5.74, 6) is 0.581. The fraction of sp³-hybridized carbons (Fsp3) is 0.500. The van der Waals surface area contributed by atoms with Gasteiger partial charge in [-0.25, -0.2) is 0 Å². The molecular weight excluding hydrogens is 238 g/mol. The summed E-state index contributed by atoms with van der Waals surface area (Å²) in [7, 11) is 0. The van der Waals surface area contributed by atoms with Crippen LogP contribution >= 0.6 is 15.9 Å². The van der Waals surface area contributed by atoms with E-state index in [0.29, 0.717) is 5.92 Å². The highest BCUT2D eigenvalue weighted by Crippen LogP contribution is 2.49. The van der Waals surface area contributed by atoms with E-state index in [4.69, 9.17) is 5.73 Å². The molecule has 1 aromatic carbocycles. The highest BCUT2D eigenvalue weighted by molar-refractivity contribution is 9.10. The Bertz CT molecular complexity index is 382. The smallest absolute Gasteiger partial charge is 0.0496 e. The minimum atomic E-state index is 0.281. The molecule has 1 aliphatic rings. The fourth-order valence-corrected chi connectivity index (χ4v) is 3.05. The molecule has 1 aromatic rings. The van der Waals surface area contributed by atoms with E-state index in [1.54, 1.807) is 0 Å². The van der Waals surface area contributed by atoms with Gasteiger partial charge in [0, 0.05) is 10.2 Å². The number of nitrogen functional groups attached to an aromatic ring is 1. The molecule has 0 saturated carbocycles. The van der Waals surface area contributed by atoms with Crippen molar-refractivity contribution in [2.75, 3.05) is 5.73 Å². The van der Waals surface area contributed by atoms with E-state index in [-0.39, 0.29) is 5.41 Å². The standard InChI is InChI=1S/C12H16BrN/c1-7-6-12(2,3)8-4-5-9(13)11(14)10(7)8/h4-5,7H,6,14H2,1-3H3. The first-order valence-corrected chi connectivity index (χ1v) is 5.81. The van der Waals surface area contributed by atoms with E-state index >= 15 is 0 Å². The Balaban J connectivity index is 2.69. The van der Waals surface area contributed by atoms with Crippen LogP contribution in [0.2, 0.25) is 0 Å². The summed E-state index contributed by atoms with van der Waals surface area (Å²) in [6, 6.07) is 4.27. The van der Waals surface area contributed by atoms with Gasteiger partial charge in [0.05, 0.1) is 0 Å². The van der Waals surface area contributed by atoms with Gasteiger partial charge < -0.3 is 5.73 Å². The molecule has 1 aliphatic carbocycles. The van der Waals surface area contributed by atoms with Gasteiger partial charge in [0.25, 0.3) is 0 Å². The Hall–Kier alpha value is -0.500. The molecule has 1 unspecified atom stereocenters. The third kappa shape index (κ3) is 1.28. The van der Waals surface area contributed by atoms with Crippen LogP contribution in [-0.2, 0) is 5.41 Å². The fourth-order valence-electron chi connectivity index (χ4n) is 2.71. The quantitative estimate of drug-likeness (QED) is 0.700. The predicted molar refractivity (Wildman–Crippen MR) is 64.6 cm³/mol. The minimum absolute atomic E-state index is 0.281. The van der Waals surface area contributed by atoms with Gasteiger partial charge in [0.15, 0.2) is 0 Å². The first-order valence-electron chi connectivity index (χ1n) is 5.02. The topological polar surface area (TPSA) is 26.0 Å². The molecule has 1 atom stereocenters. The molecule has 0 aliphatic heterocycles. The third-order valence-corrected chi connectivity index (χ3v) is 3.96. The number of halogens is 1.